The predicted octanol–water partition coefficient (Wildman–Crippen LogP) is 2.32. The largest absolute Gasteiger partial charge is 0.391 e. The maximum atomic E-state index is 9.62. The molecule has 0 aliphatic rings. The highest BCUT2D eigenvalue weighted by Gasteiger charge is 2.25. The fourth-order valence-corrected chi connectivity index (χ4v) is 1.28. The first-order chi connectivity index (χ1) is 7.25. The van der Waals surface area contributed by atoms with Gasteiger partial charge in [-0.2, -0.15) is 0 Å². The van der Waals surface area contributed by atoms with Crippen molar-refractivity contribution in [2.24, 2.45) is 0 Å². The molecule has 0 spiro atoms. The maximum absolute atomic E-state index is 9.62. The van der Waals surface area contributed by atoms with Gasteiger partial charge in [-0.1, -0.05) is 11.6 Å². The number of aliphatic hydroxyl groups excluding tert-OH is 1. The molecule has 0 amide bonds. The van der Waals surface area contributed by atoms with Crippen molar-refractivity contribution in [2.45, 2.75) is 46.3 Å². The molecule has 0 radical (unpaired) electrons. The van der Waals surface area contributed by atoms with Gasteiger partial charge < -0.3 is 10.4 Å². The first kappa shape index (κ1) is 13.2. The van der Waals surface area contributed by atoms with Crippen molar-refractivity contribution in [1.29, 1.82) is 0 Å². The smallest absolute Gasteiger partial charge is 0.155 e. The number of aromatic nitrogens is 2. The van der Waals surface area contributed by atoms with Gasteiger partial charge >= 0.3 is 0 Å². The van der Waals surface area contributed by atoms with Gasteiger partial charge in [0.05, 0.1) is 11.6 Å². The van der Waals surface area contributed by atoms with Crippen molar-refractivity contribution >= 4 is 17.4 Å². The fourth-order valence-electron chi connectivity index (χ4n) is 1.10. The maximum Gasteiger partial charge on any atom is 0.155 e. The van der Waals surface area contributed by atoms with Crippen LogP contribution in [0.3, 0.4) is 0 Å². The second kappa shape index (κ2) is 4.55. The van der Waals surface area contributed by atoms with Gasteiger partial charge in [0.2, 0.25) is 0 Å². The van der Waals surface area contributed by atoms with Gasteiger partial charge in [0.1, 0.15) is 0 Å². The van der Waals surface area contributed by atoms with Crippen LogP contribution in [0.1, 0.15) is 31.9 Å². The van der Waals surface area contributed by atoms with Crippen LogP contribution in [0.4, 0.5) is 5.82 Å². The van der Waals surface area contributed by atoms with E-state index in [2.05, 4.69) is 15.5 Å². The van der Waals surface area contributed by atoms with Gasteiger partial charge in [-0.25, -0.2) is 0 Å². The molecule has 90 valence electrons. The van der Waals surface area contributed by atoms with Crippen LogP contribution in [0.15, 0.2) is 0 Å². The molecule has 0 saturated heterocycles. The lowest BCUT2D eigenvalue weighted by Crippen LogP contribution is -2.42. The summed E-state index contributed by atoms with van der Waals surface area (Å²) in [4.78, 5) is 0. The Hall–Kier alpha value is -0.870. The third-order valence-corrected chi connectivity index (χ3v) is 3.31. The summed E-state index contributed by atoms with van der Waals surface area (Å²) in [6, 6.07) is 0. The minimum Gasteiger partial charge on any atom is -0.391 e. The predicted molar refractivity (Wildman–Crippen MR) is 65.9 cm³/mol. The molecular formula is C11H18ClN3O. The number of anilines is 1. The Morgan fingerprint density at radius 1 is 1.25 bits per heavy atom. The summed E-state index contributed by atoms with van der Waals surface area (Å²) in [5, 5.41) is 21.1. The van der Waals surface area contributed by atoms with E-state index in [9.17, 15) is 5.11 Å². The van der Waals surface area contributed by atoms with Gasteiger partial charge in [-0.15, -0.1) is 10.2 Å². The Bertz CT molecular complexity index is 391. The molecule has 1 atom stereocenters. The highest BCUT2D eigenvalue weighted by Crippen LogP contribution is 2.24. The van der Waals surface area contributed by atoms with Crippen LogP contribution in [-0.2, 0) is 0 Å². The molecule has 1 aromatic rings. The van der Waals surface area contributed by atoms with Crippen LogP contribution in [0.25, 0.3) is 0 Å². The number of halogens is 1. The number of nitrogens with one attached hydrogen (secondary N) is 1. The van der Waals surface area contributed by atoms with Gasteiger partial charge in [-0.3, -0.25) is 0 Å². The van der Waals surface area contributed by atoms with Crippen molar-refractivity contribution in [3.63, 3.8) is 0 Å². The van der Waals surface area contributed by atoms with E-state index in [1.165, 1.54) is 0 Å². The van der Waals surface area contributed by atoms with Gasteiger partial charge in [0.15, 0.2) is 11.0 Å². The highest BCUT2D eigenvalue weighted by molar-refractivity contribution is 6.30. The van der Waals surface area contributed by atoms with E-state index >= 15 is 0 Å². The SMILES string of the molecule is Cc1c(Cl)nnc(NC(C)(C)C(C)O)c1C. The van der Waals surface area contributed by atoms with E-state index in [4.69, 9.17) is 11.6 Å². The van der Waals surface area contributed by atoms with E-state index in [0.717, 1.165) is 11.1 Å². The summed E-state index contributed by atoms with van der Waals surface area (Å²) in [6.45, 7) is 9.37. The third kappa shape index (κ3) is 2.62. The fraction of sp³-hybridized carbons (Fsp3) is 0.636. The number of aliphatic hydroxyl groups is 1. The molecule has 0 aliphatic heterocycles. The summed E-state index contributed by atoms with van der Waals surface area (Å²) in [7, 11) is 0. The zero-order valence-corrected chi connectivity index (χ0v) is 11.1. The Balaban J connectivity index is 3.04. The molecule has 0 saturated carbocycles. The molecule has 1 rings (SSSR count). The van der Waals surface area contributed by atoms with Crippen LogP contribution >= 0.6 is 11.6 Å². The average Bonchev–Trinajstić information content (AvgIpc) is 2.19. The van der Waals surface area contributed by atoms with E-state index in [-0.39, 0.29) is 0 Å². The minimum atomic E-state index is -0.496. The van der Waals surface area contributed by atoms with E-state index in [1.807, 2.05) is 27.7 Å². The second-order valence-corrected chi connectivity index (χ2v) is 4.97. The number of hydrogen-bond acceptors (Lipinski definition) is 4. The van der Waals surface area contributed by atoms with Gasteiger partial charge in [-0.05, 0) is 45.7 Å². The molecular weight excluding hydrogens is 226 g/mol. The Labute approximate surface area is 101 Å². The van der Waals surface area contributed by atoms with Crippen molar-refractivity contribution in [3.05, 3.63) is 16.3 Å². The summed E-state index contributed by atoms with van der Waals surface area (Å²) in [5.74, 6) is 0.660. The lowest BCUT2D eigenvalue weighted by atomic mass is 9.98. The van der Waals surface area contributed by atoms with E-state index in [1.54, 1.807) is 6.92 Å². The molecule has 1 unspecified atom stereocenters. The van der Waals surface area contributed by atoms with Crippen molar-refractivity contribution in [3.8, 4) is 0 Å². The second-order valence-electron chi connectivity index (χ2n) is 4.61. The zero-order chi connectivity index (χ0) is 12.5. The molecule has 0 aromatic carbocycles. The number of nitrogens with zero attached hydrogens (tertiary/aromatic N) is 2. The molecule has 0 aliphatic carbocycles. The van der Waals surface area contributed by atoms with Crippen molar-refractivity contribution in [1.82, 2.24) is 10.2 Å². The average molecular weight is 244 g/mol. The van der Waals surface area contributed by atoms with Gasteiger partial charge in [0, 0.05) is 0 Å². The van der Waals surface area contributed by atoms with Crippen LogP contribution in [0.5, 0.6) is 0 Å². The topological polar surface area (TPSA) is 58.0 Å². The highest BCUT2D eigenvalue weighted by atomic mass is 35.5. The number of hydrogen-bond donors (Lipinski definition) is 2. The number of rotatable bonds is 3. The summed E-state index contributed by atoms with van der Waals surface area (Å²) in [6.07, 6.45) is -0.496. The molecule has 1 heterocycles. The van der Waals surface area contributed by atoms with E-state index in [0.29, 0.717) is 11.0 Å². The van der Waals surface area contributed by atoms with Crippen LogP contribution in [0.2, 0.25) is 5.15 Å². The first-order valence-corrected chi connectivity index (χ1v) is 5.59. The Morgan fingerprint density at radius 3 is 2.31 bits per heavy atom. The van der Waals surface area contributed by atoms with Crippen LogP contribution < -0.4 is 5.32 Å². The normalized spacial score (nSPS) is 13.7. The molecule has 4 nitrogen and oxygen atoms in total. The minimum absolute atomic E-state index is 0.415. The zero-order valence-electron chi connectivity index (χ0n) is 10.3. The lowest BCUT2D eigenvalue weighted by Gasteiger charge is -2.30. The monoisotopic (exact) mass is 243 g/mol. The van der Waals surface area contributed by atoms with Crippen LogP contribution in [-0.4, -0.2) is 26.9 Å². The molecule has 0 fully saturated rings. The molecule has 5 heteroatoms. The molecule has 16 heavy (non-hydrogen) atoms. The summed E-state index contributed by atoms with van der Waals surface area (Å²) >= 11 is 5.87. The van der Waals surface area contributed by atoms with Crippen molar-refractivity contribution < 1.29 is 5.11 Å². The Morgan fingerprint density at radius 2 is 1.81 bits per heavy atom. The first-order valence-electron chi connectivity index (χ1n) is 5.21. The summed E-state index contributed by atoms with van der Waals surface area (Å²) < 4.78 is 0. The van der Waals surface area contributed by atoms with Crippen LogP contribution in [0, 0.1) is 13.8 Å². The third-order valence-electron chi connectivity index (χ3n) is 2.95. The quantitative estimate of drug-likeness (QED) is 0.856. The van der Waals surface area contributed by atoms with E-state index < -0.39 is 11.6 Å². The Kier molecular flexibility index (Phi) is 3.76. The summed E-state index contributed by atoms with van der Waals surface area (Å²) in [5.41, 5.74) is 1.40. The van der Waals surface area contributed by atoms with Crippen molar-refractivity contribution in [2.75, 3.05) is 5.32 Å². The van der Waals surface area contributed by atoms with Gasteiger partial charge in [0.25, 0.3) is 0 Å². The molecule has 2 N–H and O–H groups in total. The molecule has 1 aromatic heterocycles. The molecule has 0 bridgehead atoms. The lowest BCUT2D eigenvalue weighted by molar-refractivity contribution is 0.133. The standard InChI is InChI=1S/C11H18ClN3O/c1-6-7(2)10(15-14-9(6)12)13-11(4,5)8(3)16/h8,16H,1-5H3,(H,13,15).